The van der Waals surface area contributed by atoms with E-state index in [0.717, 1.165) is 47.8 Å². The Morgan fingerprint density at radius 2 is 1.76 bits per heavy atom. The quantitative estimate of drug-likeness (QED) is 0.897. The molecule has 4 aliphatic rings. The van der Waals surface area contributed by atoms with Gasteiger partial charge in [-0.2, -0.15) is 18.3 Å². The second-order valence-electron chi connectivity index (χ2n) is 8.51. The van der Waals surface area contributed by atoms with Gasteiger partial charge in [0.1, 0.15) is 5.69 Å². The SMILES string of the molecule is CC(NC(=O)c1cc(C(F)(F)F)nn1C)C12CC3CC(CC(C3)C1)C2. The molecule has 0 aliphatic heterocycles. The second-order valence-corrected chi connectivity index (χ2v) is 8.51. The van der Waals surface area contributed by atoms with E-state index in [1.165, 1.54) is 26.3 Å². The van der Waals surface area contributed by atoms with Crippen LogP contribution in [0, 0.1) is 23.2 Å². The number of amides is 1. The molecule has 4 bridgehead atoms. The van der Waals surface area contributed by atoms with E-state index in [1.54, 1.807) is 0 Å². The van der Waals surface area contributed by atoms with Gasteiger partial charge in [-0.25, -0.2) is 0 Å². The lowest BCUT2D eigenvalue weighted by molar-refractivity contribution is -0.141. The maximum Gasteiger partial charge on any atom is 0.435 e. The molecule has 0 radical (unpaired) electrons. The van der Waals surface area contributed by atoms with E-state index in [0.29, 0.717) is 0 Å². The maximum absolute atomic E-state index is 12.8. The zero-order valence-corrected chi connectivity index (χ0v) is 14.6. The first-order chi connectivity index (χ1) is 11.7. The molecule has 1 N–H and O–H groups in total. The molecular weight excluding hydrogens is 331 g/mol. The smallest absolute Gasteiger partial charge is 0.348 e. The standard InChI is InChI=1S/C18H24F3N3O/c1-10(17-7-11-3-12(8-17)5-13(4-11)9-17)22-16(25)14-6-15(18(19,20)21)23-24(14)2/h6,10-13H,3-5,7-9H2,1-2H3,(H,22,25). The van der Waals surface area contributed by atoms with E-state index in [2.05, 4.69) is 10.4 Å². The number of carbonyl (C=O) groups is 1. The van der Waals surface area contributed by atoms with Crippen LogP contribution in [-0.4, -0.2) is 21.7 Å². The van der Waals surface area contributed by atoms with Crippen LogP contribution in [0.15, 0.2) is 6.07 Å². The van der Waals surface area contributed by atoms with Gasteiger partial charge in [0, 0.05) is 19.2 Å². The van der Waals surface area contributed by atoms with Crippen molar-refractivity contribution in [3.63, 3.8) is 0 Å². The van der Waals surface area contributed by atoms with Crippen molar-refractivity contribution in [3.8, 4) is 0 Å². The van der Waals surface area contributed by atoms with Gasteiger partial charge in [-0.3, -0.25) is 9.48 Å². The minimum absolute atomic E-state index is 0.0300. The number of carbonyl (C=O) groups excluding carboxylic acids is 1. The van der Waals surface area contributed by atoms with Crippen molar-refractivity contribution in [2.45, 2.75) is 57.7 Å². The second kappa shape index (κ2) is 5.48. The Hall–Kier alpha value is -1.53. The predicted octanol–water partition coefficient (Wildman–Crippen LogP) is 3.77. The summed E-state index contributed by atoms with van der Waals surface area (Å²) in [6, 6.07) is 0.805. The minimum atomic E-state index is -4.54. The summed E-state index contributed by atoms with van der Waals surface area (Å²) in [5.41, 5.74) is -0.943. The third-order valence-electron chi connectivity index (χ3n) is 6.75. The van der Waals surface area contributed by atoms with E-state index < -0.39 is 17.8 Å². The van der Waals surface area contributed by atoms with Crippen molar-refractivity contribution >= 4 is 5.91 Å². The highest BCUT2D eigenvalue weighted by Crippen LogP contribution is 2.61. The summed E-state index contributed by atoms with van der Waals surface area (Å²) in [4.78, 5) is 12.6. The van der Waals surface area contributed by atoms with Crippen LogP contribution in [-0.2, 0) is 13.2 Å². The highest BCUT2D eigenvalue weighted by atomic mass is 19.4. The number of alkyl halides is 3. The number of hydrogen-bond acceptors (Lipinski definition) is 2. The highest BCUT2D eigenvalue weighted by Gasteiger charge is 2.53. The minimum Gasteiger partial charge on any atom is -0.348 e. The Kier molecular flexibility index (Phi) is 3.71. The molecular formula is C18H24F3N3O. The van der Waals surface area contributed by atoms with Crippen molar-refractivity contribution in [1.29, 1.82) is 0 Å². The highest BCUT2D eigenvalue weighted by molar-refractivity contribution is 5.92. The van der Waals surface area contributed by atoms with Crippen LogP contribution in [0.3, 0.4) is 0 Å². The zero-order chi connectivity index (χ0) is 18.0. The van der Waals surface area contributed by atoms with Crippen molar-refractivity contribution < 1.29 is 18.0 Å². The fraction of sp³-hybridized carbons (Fsp3) is 0.778. The first kappa shape index (κ1) is 16.9. The van der Waals surface area contributed by atoms with Gasteiger partial charge in [0.25, 0.3) is 5.91 Å². The summed E-state index contributed by atoms with van der Waals surface area (Å²) < 4.78 is 39.4. The molecule has 1 atom stereocenters. The molecule has 1 aromatic rings. The van der Waals surface area contributed by atoms with Gasteiger partial charge in [0.2, 0.25) is 0 Å². The van der Waals surface area contributed by atoms with Crippen LogP contribution in [0.4, 0.5) is 13.2 Å². The monoisotopic (exact) mass is 355 g/mol. The normalized spacial score (nSPS) is 35.0. The van der Waals surface area contributed by atoms with E-state index in [4.69, 9.17) is 0 Å². The Balaban J connectivity index is 1.51. The number of rotatable bonds is 3. The molecule has 4 nitrogen and oxygen atoms in total. The number of hydrogen-bond donors (Lipinski definition) is 1. The number of halogens is 3. The predicted molar refractivity (Wildman–Crippen MR) is 85.7 cm³/mol. The van der Waals surface area contributed by atoms with Crippen LogP contribution in [0.5, 0.6) is 0 Å². The largest absolute Gasteiger partial charge is 0.435 e. The van der Waals surface area contributed by atoms with Gasteiger partial charge < -0.3 is 5.32 Å². The Morgan fingerprint density at radius 1 is 1.24 bits per heavy atom. The number of nitrogens with one attached hydrogen (secondary N) is 1. The Bertz CT molecular complexity index is 659. The maximum atomic E-state index is 12.8. The van der Waals surface area contributed by atoms with Crippen molar-refractivity contribution in [2.24, 2.45) is 30.2 Å². The van der Waals surface area contributed by atoms with Gasteiger partial charge in [-0.15, -0.1) is 0 Å². The number of aromatic nitrogens is 2. The molecule has 1 heterocycles. The molecule has 7 heteroatoms. The van der Waals surface area contributed by atoms with Crippen molar-refractivity contribution in [1.82, 2.24) is 15.1 Å². The fourth-order valence-corrected chi connectivity index (χ4v) is 5.95. The average molecular weight is 355 g/mol. The van der Waals surface area contributed by atoms with Gasteiger partial charge in [0.15, 0.2) is 5.69 Å². The first-order valence-electron chi connectivity index (χ1n) is 9.08. The molecule has 5 rings (SSSR count). The third-order valence-corrected chi connectivity index (χ3v) is 6.75. The lowest BCUT2D eigenvalue weighted by atomic mass is 9.48. The van der Waals surface area contributed by atoms with Crippen molar-refractivity contribution in [2.75, 3.05) is 0 Å². The molecule has 0 spiro atoms. The Labute approximate surface area is 145 Å². The molecule has 138 valence electrons. The molecule has 4 aliphatic carbocycles. The van der Waals surface area contributed by atoms with E-state index >= 15 is 0 Å². The topological polar surface area (TPSA) is 46.9 Å². The fourth-order valence-electron chi connectivity index (χ4n) is 5.95. The summed E-state index contributed by atoms with van der Waals surface area (Å²) in [6.07, 6.45) is 2.82. The molecule has 4 fully saturated rings. The van der Waals surface area contributed by atoms with Crippen molar-refractivity contribution in [3.05, 3.63) is 17.5 Å². The van der Waals surface area contributed by atoms with Crippen LogP contribution in [0.25, 0.3) is 0 Å². The number of nitrogens with zero attached hydrogens (tertiary/aromatic N) is 2. The van der Waals surface area contributed by atoms with Crippen LogP contribution in [0.1, 0.15) is 61.6 Å². The van der Waals surface area contributed by atoms with Gasteiger partial charge in [-0.05, 0) is 68.6 Å². The van der Waals surface area contributed by atoms with E-state index in [9.17, 15) is 18.0 Å². The zero-order valence-electron chi connectivity index (χ0n) is 14.6. The molecule has 0 aromatic carbocycles. The molecule has 1 aromatic heterocycles. The van der Waals surface area contributed by atoms with Crippen LogP contribution < -0.4 is 5.32 Å². The van der Waals surface area contributed by atoms with E-state index in [1.807, 2.05) is 6.92 Å². The lowest BCUT2D eigenvalue weighted by Gasteiger charge is -2.59. The summed E-state index contributed by atoms with van der Waals surface area (Å²) in [7, 11) is 1.37. The average Bonchev–Trinajstić information content (AvgIpc) is 2.88. The lowest BCUT2D eigenvalue weighted by Crippen LogP contribution is -2.55. The third kappa shape index (κ3) is 2.85. The molecule has 1 unspecified atom stereocenters. The molecule has 1 amide bonds. The Morgan fingerprint density at radius 3 is 2.20 bits per heavy atom. The summed E-state index contributed by atoms with van der Waals surface area (Å²) in [5, 5.41) is 6.43. The summed E-state index contributed by atoms with van der Waals surface area (Å²) in [5.74, 6) is 1.83. The van der Waals surface area contributed by atoms with Gasteiger partial charge >= 0.3 is 6.18 Å². The van der Waals surface area contributed by atoms with Gasteiger partial charge in [-0.1, -0.05) is 0 Å². The number of aryl methyl sites for hydroxylation is 1. The summed E-state index contributed by atoms with van der Waals surface area (Å²) >= 11 is 0. The van der Waals surface area contributed by atoms with Gasteiger partial charge in [0.05, 0.1) is 0 Å². The first-order valence-corrected chi connectivity index (χ1v) is 9.08. The van der Waals surface area contributed by atoms with E-state index in [-0.39, 0.29) is 17.2 Å². The summed E-state index contributed by atoms with van der Waals surface area (Å²) in [6.45, 7) is 2.02. The molecule has 25 heavy (non-hydrogen) atoms. The molecule has 4 saturated carbocycles. The van der Waals surface area contributed by atoms with Crippen LogP contribution in [0.2, 0.25) is 0 Å². The molecule has 0 saturated heterocycles. The van der Waals surface area contributed by atoms with Crippen LogP contribution >= 0.6 is 0 Å².